The van der Waals surface area contributed by atoms with Crippen molar-refractivity contribution in [2.75, 3.05) is 0 Å². The third-order valence-corrected chi connectivity index (χ3v) is 3.16. The van der Waals surface area contributed by atoms with Gasteiger partial charge in [0.05, 0.1) is 11.1 Å². The van der Waals surface area contributed by atoms with E-state index in [-0.39, 0.29) is 5.78 Å². The summed E-state index contributed by atoms with van der Waals surface area (Å²) in [6.07, 6.45) is 0.414. The maximum Gasteiger partial charge on any atom is 0.150 e. The van der Waals surface area contributed by atoms with Gasteiger partial charge in [0, 0.05) is 17.5 Å². The molecule has 0 aromatic carbocycles. The number of rotatable bonds is 3. The Kier molecular flexibility index (Phi) is 3.02. The second-order valence-corrected chi connectivity index (χ2v) is 4.50. The molecule has 0 aliphatic heterocycles. The number of ketones is 1. The number of hydrogen-bond acceptors (Lipinski definition) is 4. The zero-order valence-corrected chi connectivity index (χ0v) is 9.31. The van der Waals surface area contributed by atoms with Crippen LogP contribution >= 0.6 is 11.3 Å². The average molecular weight is 208 g/mol. The normalized spacial score (nSPS) is 14.4. The van der Waals surface area contributed by atoms with Gasteiger partial charge in [-0.05, 0) is 20.8 Å². The van der Waals surface area contributed by atoms with Crippen LogP contribution in [0.5, 0.6) is 0 Å². The van der Waals surface area contributed by atoms with Crippen LogP contribution in [0.3, 0.4) is 0 Å². The van der Waals surface area contributed by atoms with Crippen LogP contribution in [-0.4, -0.2) is 10.8 Å². The Bertz CT molecular complexity index is 391. The number of Topliss-reactive ketones (excluding diaryl/α,β-unsaturated/α-hetero) is 1. The van der Waals surface area contributed by atoms with Gasteiger partial charge in [-0.3, -0.25) is 4.79 Å². The van der Waals surface area contributed by atoms with Crippen molar-refractivity contribution >= 4 is 17.1 Å². The summed E-state index contributed by atoms with van der Waals surface area (Å²) < 4.78 is 0. The molecule has 0 amide bonds. The molecule has 1 unspecified atom stereocenters. The van der Waals surface area contributed by atoms with Gasteiger partial charge in [0.1, 0.15) is 11.2 Å². The smallest absolute Gasteiger partial charge is 0.150 e. The number of carbonyl (C=O) groups excluding carboxylic acids is 1. The maximum atomic E-state index is 11.3. The summed E-state index contributed by atoms with van der Waals surface area (Å²) in [4.78, 5) is 15.5. The molecular weight excluding hydrogens is 196 g/mol. The van der Waals surface area contributed by atoms with Crippen LogP contribution in [-0.2, 0) is 11.2 Å². The molecule has 0 saturated carbocycles. The van der Waals surface area contributed by atoms with Crippen molar-refractivity contribution in [3.8, 4) is 6.07 Å². The molecule has 0 aliphatic carbocycles. The molecule has 1 atom stereocenters. The minimum atomic E-state index is -0.926. The van der Waals surface area contributed by atoms with Crippen LogP contribution in [0, 0.1) is 23.7 Å². The van der Waals surface area contributed by atoms with Gasteiger partial charge in [-0.1, -0.05) is 0 Å². The van der Waals surface area contributed by atoms with E-state index in [2.05, 4.69) is 11.1 Å². The lowest BCUT2D eigenvalue weighted by atomic mass is 9.85. The highest BCUT2D eigenvalue weighted by Crippen LogP contribution is 2.24. The lowest BCUT2D eigenvalue weighted by molar-refractivity contribution is -0.123. The van der Waals surface area contributed by atoms with Crippen molar-refractivity contribution in [2.45, 2.75) is 27.2 Å². The Labute approximate surface area is 87.4 Å². The Morgan fingerprint density at radius 1 is 1.79 bits per heavy atom. The first kappa shape index (κ1) is 10.9. The van der Waals surface area contributed by atoms with E-state index in [1.165, 1.54) is 18.3 Å². The Balaban J connectivity index is 2.87. The average Bonchev–Trinajstić information content (AvgIpc) is 2.50. The molecule has 0 saturated heterocycles. The Morgan fingerprint density at radius 3 is 2.79 bits per heavy atom. The first-order valence-corrected chi connectivity index (χ1v) is 5.19. The fraction of sp³-hybridized carbons (Fsp3) is 0.500. The molecule has 74 valence electrons. The fourth-order valence-electron chi connectivity index (χ4n) is 1.03. The second-order valence-electron chi connectivity index (χ2n) is 3.56. The molecule has 0 bridgehead atoms. The van der Waals surface area contributed by atoms with Crippen LogP contribution in [0.4, 0.5) is 0 Å². The van der Waals surface area contributed by atoms with E-state index in [1.807, 2.05) is 12.3 Å². The number of aryl methyl sites for hydroxylation is 1. The maximum absolute atomic E-state index is 11.3. The highest BCUT2D eigenvalue weighted by molar-refractivity contribution is 7.09. The van der Waals surface area contributed by atoms with Crippen LogP contribution < -0.4 is 0 Å². The minimum absolute atomic E-state index is 0.104. The van der Waals surface area contributed by atoms with Crippen molar-refractivity contribution < 1.29 is 4.79 Å². The number of nitriles is 1. The number of nitrogens with zero attached hydrogens (tertiary/aromatic N) is 2. The molecule has 0 radical (unpaired) electrons. The van der Waals surface area contributed by atoms with E-state index in [1.54, 1.807) is 6.92 Å². The van der Waals surface area contributed by atoms with Gasteiger partial charge >= 0.3 is 0 Å². The third-order valence-electron chi connectivity index (χ3n) is 2.20. The molecule has 0 fully saturated rings. The lowest BCUT2D eigenvalue weighted by Gasteiger charge is -2.15. The van der Waals surface area contributed by atoms with E-state index in [4.69, 9.17) is 5.26 Å². The Hall–Kier alpha value is -1.21. The molecular formula is C10H12N2OS. The summed E-state index contributed by atoms with van der Waals surface area (Å²) in [6.45, 7) is 5.01. The van der Waals surface area contributed by atoms with Gasteiger partial charge in [-0.15, -0.1) is 11.3 Å². The molecule has 14 heavy (non-hydrogen) atoms. The second kappa shape index (κ2) is 3.89. The van der Waals surface area contributed by atoms with Crippen LogP contribution in [0.2, 0.25) is 0 Å². The van der Waals surface area contributed by atoms with E-state index < -0.39 is 5.41 Å². The topological polar surface area (TPSA) is 53.8 Å². The monoisotopic (exact) mass is 208 g/mol. The summed E-state index contributed by atoms with van der Waals surface area (Å²) in [6, 6.07) is 2.05. The van der Waals surface area contributed by atoms with Crippen molar-refractivity contribution in [3.05, 3.63) is 16.1 Å². The predicted molar refractivity (Wildman–Crippen MR) is 55.0 cm³/mol. The highest BCUT2D eigenvalue weighted by atomic mass is 32.1. The van der Waals surface area contributed by atoms with Crippen LogP contribution in [0.1, 0.15) is 24.5 Å². The number of carbonyl (C=O) groups is 1. The molecule has 1 aromatic rings. The van der Waals surface area contributed by atoms with E-state index >= 15 is 0 Å². The predicted octanol–water partition coefficient (Wildman–Crippen LogP) is 2.11. The molecule has 1 rings (SSSR count). The van der Waals surface area contributed by atoms with E-state index in [0.29, 0.717) is 6.42 Å². The summed E-state index contributed by atoms with van der Waals surface area (Å²) in [7, 11) is 0. The minimum Gasteiger partial charge on any atom is -0.298 e. The standard InChI is InChI=1S/C10H12N2OS/c1-7-5-14-9(12-7)4-10(3,6-11)8(2)13/h5H,4H2,1-3H3. The molecule has 3 nitrogen and oxygen atoms in total. The zero-order valence-electron chi connectivity index (χ0n) is 8.50. The van der Waals surface area contributed by atoms with Crippen molar-refractivity contribution in [1.82, 2.24) is 4.98 Å². The van der Waals surface area contributed by atoms with Crippen molar-refractivity contribution in [1.29, 1.82) is 5.26 Å². The molecule has 0 N–H and O–H groups in total. The molecule has 1 heterocycles. The summed E-state index contributed by atoms with van der Waals surface area (Å²) in [5.41, 5.74) is 0.0124. The van der Waals surface area contributed by atoms with Gasteiger partial charge in [-0.2, -0.15) is 5.26 Å². The van der Waals surface area contributed by atoms with Gasteiger partial charge in [-0.25, -0.2) is 4.98 Å². The zero-order chi connectivity index (χ0) is 10.8. The Morgan fingerprint density at radius 2 is 2.43 bits per heavy atom. The highest BCUT2D eigenvalue weighted by Gasteiger charge is 2.31. The fourth-order valence-corrected chi connectivity index (χ4v) is 1.96. The summed E-state index contributed by atoms with van der Waals surface area (Å²) >= 11 is 1.49. The van der Waals surface area contributed by atoms with Gasteiger partial charge < -0.3 is 0 Å². The number of aromatic nitrogens is 1. The van der Waals surface area contributed by atoms with Gasteiger partial charge in [0.25, 0.3) is 0 Å². The largest absolute Gasteiger partial charge is 0.298 e. The molecule has 1 aromatic heterocycles. The quantitative estimate of drug-likeness (QED) is 0.764. The molecule has 0 spiro atoms. The number of thiazole rings is 1. The van der Waals surface area contributed by atoms with Gasteiger partial charge in [0.15, 0.2) is 0 Å². The third kappa shape index (κ3) is 2.18. The summed E-state index contributed by atoms with van der Waals surface area (Å²) in [5, 5.41) is 11.7. The SMILES string of the molecule is CC(=O)C(C)(C#N)Cc1nc(C)cs1. The molecule has 4 heteroatoms. The lowest BCUT2D eigenvalue weighted by Crippen LogP contribution is -2.26. The van der Waals surface area contributed by atoms with E-state index in [9.17, 15) is 4.79 Å². The van der Waals surface area contributed by atoms with Gasteiger partial charge in [0.2, 0.25) is 0 Å². The summed E-state index contributed by atoms with van der Waals surface area (Å²) in [5.74, 6) is -0.104. The first-order chi connectivity index (χ1) is 6.48. The molecule has 0 aliphatic rings. The van der Waals surface area contributed by atoms with Crippen molar-refractivity contribution in [2.24, 2.45) is 5.41 Å². The van der Waals surface area contributed by atoms with E-state index in [0.717, 1.165) is 10.7 Å². The van der Waals surface area contributed by atoms with Crippen molar-refractivity contribution in [3.63, 3.8) is 0 Å². The number of hydrogen-bond donors (Lipinski definition) is 0. The first-order valence-electron chi connectivity index (χ1n) is 4.31. The van der Waals surface area contributed by atoms with Crippen LogP contribution in [0.15, 0.2) is 5.38 Å². The van der Waals surface area contributed by atoms with Crippen LogP contribution in [0.25, 0.3) is 0 Å².